The second-order valence-corrected chi connectivity index (χ2v) is 15.3. The molecule has 1 aliphatic heterocycles. The van der Waals surface area contributed by atoms with Gasteiger partial charge in [-0.05, 0) is 30.5 Å². The van der Waals surface area contributed by atoms with Crippen molar-refractivity contribution in [2.75, 3.05) is 18.1 Å². The fraction of sp³-hybridized carbons (Fsp3) is 0.515. The Morgan fingerprint density at radius 2 is 1.48 bits per heavy atom. The number of imidazole rings is 1. The molecule has 8 atom stereocenters. The zero-order valence-electron chi connectivity index (χ0n) is 30.0. The summed E-state index contributed by atoms with van der Waals surface area (Å²) >= 11 is 0. The van der Waals surface area contributed by atoms with Crippen LogP contribution in [0.3, 0.4) is 0 Å². The number of aliphatic hydroxyl groups excluding tert-OH is 1. The Morgan fingerprint density at radius 3 is 2.09 bits per heavy atom. The van der Waals surface area contributed by atoms with Crippen molar-refractivity contribution in [1.29, 1.82) is 0 Å². The number of nitrogens with zero attached hydrogens (tertiary/aromatic N) is 1. The summed E-state index contributed by atoms with van der Waals surface area (Å²) < 4.78 is 0. The molecule has 0 radical (unpaired) electrons. The van der Waals surface area contributed by atoms with Gasteiger partial charge in [0, 0.05) is 36.2 Å². The Labute approximate surface area is 319 Å². The van der Waals surface area contributed by atoms with Crippen molar-refractivity contribution in [3.8, 4) is 5.75 Å². The number of rotatable bonds is 8. The number of aromatic amines is 1. The molecule has 0 aliphatic carbocycles. The second-order valence-electron chi connectivity index (χ2n) is 12.8. The maximum Gasteiger partial charge on any atom is 0.245 e. The fourth-order valence-corrected chi connectivity index (χ4v) is 7.39. The third-order valence-corrected chi connectivity index (χ3v) is 10.9. The van der Waals surface area contributed by atoms with E-state index in [4.69, 9.17) is 11.5 Å². The van der Waals surface area contributed by atoms with Gasteiger partial charge in [0.05, 0.1) is 25.0 Å². The molecule has 1 aromatic heterocycles. The van der Waals surface area contributed by atoms with Gasteiger partial charge >= 0.3 is 0 Å². The molecule has 3 rings (SSSR count). The molecular weight excluding hydrogens is 745 g/mol. The quantitative estimate of drug-likeness (QED) is 0.120. The van der Waals surface area contributed by atoms with Crippen molar-refractivity contribution in [3.63, 3.8) is 0 Å². The lowest BCUT2D eigenvalue weighted by atomic mass is 9.97. The minimum atomic E-state index is -1.58. The first kappa shape index (κ1) is 43.5. The molecule has 2 heterocycles. The molecule has 1 aliphatic rings. The van der Waals surface area contributed by atoms with Crippen LogP contribution in [0, 0.1) is 5.92 Å². The molecule has 21 heteroatoms. The van der Waals surface area contributed by atoms with Crippen molar-refractivity contribution in [1.82, 2.24) is 41.9 Å². The van der Waals surface area contributed by atoms with Crippen LogP contribution in [0.25, 0.3) is 0 Å². The predicted octanol–water partition coefficient (Wildman–Crippen LogP) is -2.92. The first-order chi connectivity index (χ1) is 25.6. The molecule has 13 N–H and O–H groups in total. The summed E-state index contributed by atoms with van der Waals surface area (Å²) in [6.45, 7) is 4.15. The number of primary amides is 1. The lowest BCUT2D eigenvalue weighted by Gasteiger charge is -2.28. The van der Waals surface area contributed by atoms with E-state index >= 15 is 0 Å². The number of nitrogens with two attached hydrogens (primary N) is 2. The number of nitrogens with one attached hydrogen (secondary N) is 7. The van der Waals surface area contributed by atoms with Crippen LogP contribution in [-0.2, 0) is 46.4 Å². The smallest absolute Gasteiger partial charge is 0.245 e. The fourth-order valence-electron chi connectivity index (χ4n) is 5.09. The van der Waals surface area contributed by atoms with Crippen LogP contribution < -0.4 is 43.4 Å². The average molecular weight is 793 g/mol. The van der Waals surface area contributed by atoms with Gasteiger partial charge in [-0.2, -0.15) is 0 Å². The zero-order chi connectivity index (χ0) is 39.9. The van der Waals surface area contributed by atoms with Crippen molar-refractivity contribution >= 4 is 62.9 Å². The zero-order valence-corrected chi connectivity index (χ0v) is 31.6. The number of carbonyl (C=O) groups excluding carboxylic acids is 7. The lowest BCUT2D eigenvalue weighted by molar-refractivity contribution is -0.136. The van der Waals surface area contributed by atoms with Crippen LogP contribution in [0.2, 0.25) is 0 Å². The van der Waals surface area contributed by atoms with Crippen LogP contribution in [0.15, 0.2) is 36.8 Å². The Balaban J connectivity index is 1.95. The number of phenols is 1. The van der Waals surface area contributed by atoms with Crippen molar-refractivity contribution < 1.29 is 43.8 Å². The third-order valence-electron chi connectivity index (χ3n) is 8.48. The van der Waals surface area contributed by atoms with E-state index in [1.807, 2.05) is 0 Å². The van der Waals surface area contributed by atoms with Gasteiger partial charge in [-0.15, -0.1) is 0 Å². The highest BCUT2D eigenvalue weighted by Gasteiger charge is 2.35. The van der Waals surface area contributed by atoms with Gasteiger partial charge in [0.2, 0.25) is 41.4 Å². The van der Waals surface area contributed by atoms with E-state index in [9.17, 15) is 43.8 Å². The van der Waals surface area contributed by atoms with Gasteiger partial charge in [-0.3, -0.25) is 33.6 Å². The van der Waals surface area contributed by atoms with Crippen LogP contribution in [-0.4, -0.2) is 122 Å². The maximum atomic E-state index is 13.8. The highest BCUT2D eigenvalue weighted by atomic mass is 33.1. The van der Waals surface area contributed by atoms with Crippen LogP contribution in [0.4, 0.5) is 0 Å². The normalized spacial score (nSPS) is 25.8. The maximum absolute atomic E-state index is 13.8. The molecular formula is C33H48N10O9S2. The Kier molecular flexibility index (Phi) is 17.0. The van der Waals surface area contributed by atoms with Gasteiger partial charge in [0.25, 0.3) is 0 Å². The molecule has 296 valence electrons. The number of hydrogen-bond acceptors (Lipinski definition) is 13. The van der Waals surface area contributed by atoms with Crippen LogP contribution in [0.1, 0.15) is 38.4 Å². The highest BCUT2D eigenvalue weighted by Crippen LogP contribution is 2.23. The number of H-pyrrole nitrogens is 1. The predicted molar refractivity (Wildman–Crippen MR) is 200 cm³/mol. The van der Waals surface area contributed by atoms with E-state index in [0.29, 0.717) is 17.7 Å². The average Bonchev–Trinajstić information content (AvgIpc) is 3.65. The number of hydrogen-bond donors (Lipinski definition) is 11. The molecule has 1 aromatic carbocycles. The van der Waals surface area contributed by atoms with Gasteiger partial charge in [-0.1, -0.05) is 54.0 Å². The Morgan fingerprint density at radius 1 is 0.852 bits per heavy atom. The monoisotopic (exact) mass is 792 g/mol. The first-order valence-electron chi connectivity index (χ1n) is 17.1. The molecule has 1 unspecified atom stereocenters. The number of carbonyl (C=O) groups is 7. The molecule has 7 amide bonds. The second kappa shape index (κ2) is 21.1. The Hall–Kier alpha value is -4.86. The number of aromatic nitrogens is 2. The lowest BCUT2D eigenvalue weighted by Crippen LogP contribution is -2.61. The van der Waals surface area contributed by atoms with E-state index in [-0.39, 0.29) is 30.1 Å². The molecule has 0 spiro atoms. The van der Waals surface area contributed by atoms with E-state index in [2.05, 4.69) is 41.9 Å². The molecule has 2 aromatic rings. The Bertz CT molecular complexity index is 1610. The number of aromatic hydroxyl groups is 1. The van der Waals surface area contributed by atoms with Crippen molar-refractivity contribution in [2.45, 2.75) is 82.4 Å². The molecule has 19 nitrogen and oxygen atoms in total. The topological polar surface area (TPSA) is 313 Å². The number of phenolic OH excluding ortho intramolecular Hbond substituents is 1. The molecule has 54 heavy (non-hydrogen) atoms. The first-order valence-corrected chi connectivity index (χ1v) is 19.6. The van der Waals surface area contributed by atoms with Gasteiger partial charge < -0.3 is 58.6 Å². The summed E-state index contributed by atoms with van der Waals surface area (Å²) in [5.41, 5.74) is 12.7. The summed E-state index contributed by atoms with van der Waals surface area (Å²) in [6, 6.07) is -1.77. The van der Waals surface area contributed by atoms with Crippen LogP contribution >= 0.6 is 21.6 Å². The summed E-state index contributed by atoms with van der Waals surface area (Å²) in [5, 5.41) is 35.4. The summed E-state index contributed by atoms with van der Waals surface area (Å²) in [7, 11) is 2.15. The largest absolute Gasteiger partial charge is 0.508 e. The van der Waals surface area contributed by atoms with E-state index in [0.717, 1.165) is 21.6 Å². The van der Waals surface area contributed by atoms with Crippen molar-refractivity contribution in [2.24, 2.45) is 17.4 Å². The SMILES string of the molecule is CC[C@H](C)[C@@H]1NC(=O)CNC(=O)[C@H](Cc2ccc(O)cc2)NC(=O)[C@@H](N)CSSC[C@@H](C(N)=O)NC(=O)[C@H]([C@@H](C)O)NC(=O)C(Cc2cnc[nH]2)NC1=O. The standard InChI is InChI=1S/C33H48N10O9S2/c1-4-16(2)26-32(51)40-23(10-19-11-36-15-38-19)31(50)43-27(17(3)44)33(52)41-24(28(35)47)14-54-53-13-21(34)29(48)39-22(30(49)37-12-25(46)42-26)9-18-5-7-20(45)8-6-18/h5-8,11,15-17,21-24,26-27,44-45H,4,9-10,12-14,34H2,1-3H3,(H2,35,47)(H,36,38)(H,37,49)(H,39,48)(H,40,51)(H,41,52)(H,42,46)(H,43,50)/t16-,17+,21-,22-,23?,24-,26-,27-/m0/s1. The van der Waals surface area contributed by atoms with E-state index < -0.39 is 96.2 Å². The van der Waals surface area contributed by atoms with Crippen molar-refractivity contribution in [3.05, 3.63) is 48.0 Å². The number of aliphatic hydroxyl groups is 1. The van der Waals surface area contributed by atoms with Gasteiger partial charge in [-0.25, -0.2) is 4.98 Å². The molecule has 1 saturated heterocycles. The van der Waals surface area contributed by atoms with E-state index in [1.165, 1.54) is 31.6 Å². The molecule has 1 fully saturated rings. The van der Waals surface area contributed by atoms with E-state index in [1.54, 1.807) is 26.0 Å². The summed E-state index contributed by atoms with van der Waals surface area (Å²) in [4.78, 5) is 99.5. The van der Waals surface area contributed by atoms with Crippen LogP contribution in [0.5, 0.6) is 5.75 Å². The summed E-state index contributed by atoms with van der Waals surface area (Å²) in [6.07, 6.45) is 1.60. The number of amides is 7. The number of benzene rings is 1. The molecule has 0 saturated carbocycles. The highest BCUT2D eigenvalue weighted by molar-refractivity contribution is 8.76. The van der Waals surface area contributed by atoms with Gasteiger partial charge in [0.15, 0.2) is 0 Å². The molecule has 0 bridgehead atoms. The minimum Gasteiger partial charge on any atom is -0.508 e. The summed E-state index contributed by atoms with van der Waals surface area (Å²) in [5.74, 6) is -6.18. The van der Waals surface area contributed by atoms with Gasteiger partial charge in [0.1, 0.15) is 36.0 Å². The third kappa shape index (κ3) is 13.5. The minimum absolute atomic E-state index is 0.00677.